The first kappa shape index (κ1) is 66.4. The van der Waals surface area contributed by atoms with E-state index in [2.05, 4.69) is 27.3 Å². The van der Waals surface area contributed by atoms with Crippen molar-refractivity contribution in [2.75, 3.05) is 20.7 Å². The number of esters is 2. The van der Waals surface area contributed by atoms with E-state index in [1.807, 2.05) is 92.2 Å². The van der Waals surface area contributed by atoms with Crippen molar-refractivity contribution in [2.45, 2.75) is 266 Å². The van der Waals surface area contributed by atoms with Gasteiger partial charge in [0.25, 0.3) is 0 Å². The number of likely N-dealkylation sites (N-methyl/N-ethyl adjacent to an activating group) is 1. The Morgan fingerprint density at radius 1 is 0.882 bits per heavy atom. The number of ether oxygens (including phenoxy) is 9. The van der Waals surface area contributed by atoms with Crippen molar-refractivity contribution in [3.8, 4) is 0 Å². The van der Waals surface area contributed by atoms with Gasteiger partial charge in [0.1, 0.15) is 24.4 Å². The molecule has 4 aliphatic heterocycles. The number of carbonyl (C=O) groups excluding carboxylic acids is 4. The fourth-order valence-electron chi connectivity index (χ4n) is 12.4. The average molecular weight is 1190 g/mol. The molecule has 4 aliphatic rings. The lowest BCUT2D eigenvalue weighted by Gasteiger charge is -2.45. The molecule has 4 rings (SSSR count). The molecule has 4 saturated heterocycles. The van der Waals surface area contributed by atoms with Gasteiger partial charge in [0.15, 0.2) is 24.0 Å². The number of aliphatic hydroxyl groups is 2. The lowest BCUT2D eigenvalue weighted by atomic mass is 9.73. The van der Waals surface area contributed by atoms with Crippen LogP contribution in [0.1, 0.15) is 169 Å². The topological polar surface area (TPSA) is 219 Å². The maximum Gasteiger partial charge on any atom is 0.408 e. The maximum atomic E-state index is 15.7. The monoisotopic (exact) mass is 1190 g/mol. The van der Waals surface area contributed by atoms with Crippen LogP contribution in [0.4, 0.5) is 4.79 Å². The zero-order valence-electron chi connectivity index (χ0n) is 49.3. The van der Waals surface area contributed by atoms with Gasteiger partial charge in [-0.05, 0) is 106 Å². The lowest BCUT2D eigenvalue weighted by Crippen LogP contribution is -2.56. The number of nitrogens with zero attached hydrogens (tertiary/aromatic N) is 2. The van der Waals surface area contributed by atoms with Gasteiger partial charge in [-0.15, -0.1) is 0 Å². The number of carbonyl (C=O) groups is 4. The smallest absolute Gasteiger partial charge is 0.408 e. The Bertz CT molecular complexity index is 1880. The molecular formula is C57H100IN3O15. The second-order valence-electron chi connectivity index (χ2n) is 24.3. The SMILES string of the molecule is CCC[C@@H]1[C@H](OC)[C@H](O)[C@@H](C)O[C@H]1CCC[C@H](C)[C@H]1OC(=O)[C@H](C)[C@@H](OC2C[C@H](C)N(C)C[C@H](C)O2)[C@H](C)[C@@H](O[C@@H]2O[C@H](C)CC(=NI)[C@H]2O)[C@@H](C)C[C@](C)(OC(=O)NC(C)C)C(=O)[C@H](C)[C@H](OC(=O)CC(C)C)[C@H]1C. The van der Waals surface area contributed by atoms with Crippen LogP contribution in [0.2, 0.25) is 0 Å². The van der Waals surface area contributed by atoms with Gasteiger partial charge in [-0.1, -0.05) is 68.2 Å². The molecule has 22 atom stereocenters. The van der Waals surface area contributed by atoms with Gasteiger partial charge in [0.05, 0.1) is 83.1 Å². The van der Waals surface area contributed by atoms with Gasteiger partial charge >= 0.3 is 18.0 Å². The molecule has 0 aliphatic carbocycles. The molecule has 0 aromatic carbocycles. The van der Waals surface area contributed by atoms with Crippen LogP contribution in [0.5, 0.6) is 0 Å². The van der Waals surface area contributed by atoms with Gasteiger partial charge in [-0.25, -0.2) is 8.00 Å². The first-order valence-corrected chi connectivity index (χ1v) is 29.5. The molecule has 440 valence electrons. The minimum Gasteiger partial charge on any atom is -0.461 e. The standard InChI is InChI=1S/C57H100IN3O15/c1-19-21-41-43(71-40(15)46(63)52(41)68-18)23-20-22-31(6)48-36(11)50(72-44(62)24-29(2)3)38(13)53(65)57(16,76-56(67)59-30(4)5)27-32(7)49(75-55-47(64)42(60-58)26-34(9)70-55)37(12)51(39(14)54(66)74-48)73-45-25-33(8)61(17)28-35(10)69-45/h29-41,43,45-52,55,63-64H,19-28H2,1-18H3,(H,59,67)/t31-,32-,33-,34+,35-,36-,37+,38+,39+,40+,41-,43-,45?,46+,47+,48+,49-,50+,51-,52-,55-,57-/m0/s1. The van der Waals surface area contributed by atoms with Gasteiger partial charge in [0.2, 0.25) is 0 Å². The van der Waals surface area contributed by atoms with E-state index in [1.54, 1.807) is 41.7 Å². The van der Waals surface area contributed by atoms with E-state index in [1.165, 1.54) is 0 Å². The van der Waals surface area contributed by atoms with Crippen LogP contribution in [0, 0.1) is 47.3 Å². The van der Waals surface area contributed by atoms with Crippen molar-refractivity contribution in [3.05, 3.63) is 0 Å². The summed E-state index contributed by atoms with van der Waals surface area (Å²) in [5.74, 6) is -6.17. The summed E-state index contributed by atoms with van der Waals surface area (Å²) in [6.07, 6.45) is -5.87. The average Bonchev–Trinajstić information content (AvgIpc) is 3.45. The van der Waals surface area contributed by atoms with Crippen molar-refractivity contribution in [1.82, 2.24) is 10.2 Å². The lowest BCUT2D eigenvalue weighted by molar-refractivity contribution is -0.264. The molecule has 0 saturated carbocycles. The van der Waals surface area contributed by atoms with Crippen molar-refractivity contribution in [3.63, 3.8) is 0 Å². The Kier molecular flexibility index (Phi) is 26.3. The molecule has 0 spiro atoms. The van der Waals surface area contributed by atoms with E-state index in [0.717, 1.165) is 12.8 Å². The zero-order valence-corrected chi connectivity index (χ0v) is 51.5. The Labute approximate surface area is 469 Å². The van der Waals surface area contributed by atoms with E-state index >= 15 is 9.59 Å². The molecule has 0 radical (unpaired) electrons. The summed E-state index contributed by atoms with van der Waals surface area (Å²) in [6, 6.07) is -0.267. The fraction of sp³-hybridized carbons (Fsp3) is 0.912. The molecule has 0 aromatic heterocycles. The summed E-state index contributed by atoms with van der Waals surface area (Å²) < 4.78 is 63.2. The predicted octanol–water partition coefficient (Wildman–Crippen LogP) is 8.80. The largest absolute Gasteiger partial charge is 0.461 e. The number of cyclic esters (lactones) is 1. The first-order valence-electron chi connectivity index (χ1n) is 28.5. The van der Waals surface area contributed by atoms with Crippen molar-refractivity contribution in [2.24, 2.45) is 50.5 Å². The molecule has 0 bridgehead atoms. The summed E-state index contributed by atoms with van der Waals surface area (Å²) >= 11 is 1.86. The van der Waals surface area contributed by atoms with E-state index in [9.17, 15) is 19.8 Å². The second-order valence-corrected chi connectivity index (χ2v) is 24.8. The number of alkyl carbamates (subject to hydrolysis) is 1. The third kappa shape index (κ3) is 17.7. The van der Waals surface area contributed by atoms with Crippen molar-refractivity contribution < 1.29 is 72.0 Å². The molecule has 3 N–H and O–H groups in total. The third-order valence-corrected chi connectivity index (χ3v) is 17.2. The highest BCUT2D eigenvalue weighted by Crippen LogP contribution is 2.41. The number of methoxy groups -OCH3 is 1. The minimum atomic E-state index is -1.85. The molecule has 4 fully saturated rings. The molecule has 18 nitrogen and oxygen atoms in total. The van der Waals surface area contributed by atoms with E-state index < -0.39 is 114 Å². The van der Waals surface area contributed by atoms with Crippen LogP contribution < -0.4 is 5.32 Å². The Morgan fingerprint density at radius 3 is 2.16 bits per heavy atom. The van der Waals surface area contributed by atoms with Crippen LogP contribution in [-0.4, -0.2) is 163 Å². The number of aliphatic hydroxyl groups excluding tert-OH is 2. The maximum absolute atomic E-state index is 15.7. The number of hydrogen-bond acceptors (Lipinski definition) is 17. The van der Waals surface area contributed by atoms with E-state index in [0.29, 0.717) is 44.4 Å². The second kappa shape index (κ2) is 30.1. The molecule has 76 heavy (non-hydrogen) atoms. The van der Waals surface area contributed by atoms with Crippen LogP contribution >= 0.6 is 22.9 Å². The van der Waals surface area contributed by atoms with Gasteiger partial charge < -0.3 is 63.1 Å². The Hall–Kier alpha value is -2.08. The van der Waals surface area contributed by atoms with E-state index in [-0.39, 0.29) is 67.1 Å². The molecule has 0 aromatic rings. The summed E-state index contributed by atoms with van der Waals surface area (Å²) in [5, 5.41) is 25.5. The minimum absolute atomic E-state index is 0.0321. The predicted molar refractivity (Wildman–Crippen MR) is 298 cm³/mol. The summed E-state index contributed by atoms with van der Waals surface area (Å²) in [5.41, 5.74) is -1.36. The summed E-state index contributed by atoms with van der Waals surface area (Å²) in [6.45, 7) is 30.7. The number of nitrogens with one attached hydrogen (secondary N) is 1. The quantitative estimate of drug-likeness (QED) is 0.0704. The Morgan fingerprint density at radius 2 is 1.55 bits per heavy atom. The first-order chi connectivity index (χ1) is 35.6. The third-order valence-electron chi connectivity index (χ3n) is 16.6. The van der Waals surface area contributed by atoms with Gasteiger partial charge in [-0.2, -0.15) is 0 Å². The van der Waals surface area contributed by atoms with Crippen LogP contribution in [0.25, 0.3) is 0 Å². The number of ketones is 1. The van der Waals surface area contributed by atoms with Crippen molar-refractivity contribution in [1.29, 1.82) is 0 Å². The molecule has 1 unspecified atom stereocenters. The Balaban J connectivity index is 1.94. The van der Waals surface area contributed by atoms with E-state index in [4.69, 9.17) is 42.6 Å². The van der Waals surface area contributed by atoms with Crippen LogP contribution in [0.3, 0.4) is 0 Å². The zero-order chi connectivity index (χ0) is 57.1. The van der Waals surface area contributed by atoms with Crippen molar-refractivity contribution >= 4 is 52.4 Å². The van der Waals surface area contributed by atoms with Crippen LogP contribution in [-0.2, 0) is 57.0 Å². The van der Waals surface area contributed by atoms with Gasteiger partial charge in [-0.3, -0.25) is 14.4 Å². The highest BCUT2D eigenvalue weighted by atomic mass is 127. The number of halogens is 1. The number of Topliss-reactive ketones (excluding diaryl/α,β-unsaturated/α-hetero) is 1. The molecule has 4 heterocycles. The number of rotatable bonds is 17. The normalized spacial score (nSPS) is 40.8. The molecule has 1 amide bonds. The summed E-state index contributed by atoms with van der Waals surface area (Å²) in [4.78, 5) is 61.1. The number of amides is 1. The molecule has 19 heteroatoms. The molecular weight excluding hydrogens is 1090 g/mol. The van der Waals surface area contributed by atoms with Gasteiger partial charge in [0, 0.05) is 62.8 Å². The highest BCUT2D eigenvalue weighted by molar-refractivity contribution is 14.1. The number of hydrogen-bond donors (Lipinski definition) is 3. The highest BCUT2D eigenvalue weighted by Gasteiger charge is 2.52. The summed E-state index contributed by atoms with van der Waals surface area (Å²) in [7, 11) is 3.67. The fourth-order valence-corrected chi connectivity index (χ4v) is 12.9. The van der Waals surface area contributed by atoms with Crippen LogP contribution in [0.15, 0.2) is 3.21 Å².